The highest BCUT2D eigenvalue weighted by molar-refractivity contribution is 5.93. The van der Waals surface area contributed by atoms with Crippen molar-refractivity contribution in [3.8, 4) is 5.75 Å². The number of carbonyl (C=O) groups excluding carboxylic acids is 1. The molecule has 1 aromatic rings. The van der Waals surface area contributed by atoms with Gasteiger partial charge in [0.25, 0.3) is 0 Å². The smallest absolute Gasteiger partial charge is 0.341 e. The van der Waals surface area contributed by atoms with Crippen LogP contribution in [0.5, 0.6) is 5.75 Å². The third-order valence-corrected chi connectivity index (χ3v) is 2.89. The number of anilines is 1. The fourth-order valence-electron chi connectivity index (χ4n) is 1.69. The van der Waals surface area contributed by atoms with Gasteiger partial charge in [-0.3, -0.25) is 0 Å². The van der Waals surface area contributed by atoms with Crippen LogP contribution in [0, 0.1) is 5.92 Å². The summed E-state index contributed by atoms with van der Waals surface area (Å²) in [6, 6.07) is 5.02. The second-order valence-electron chi connectivity index (χ2n) is 4.33. The highest BCUT2D eigenvalue weighted by atomic mass is 16.5. The predicted octanol–water partition coefficient (Wildman–Crippen LogP) is 2.23. The minimum atomic E-state index is -0.418. The number of nitrogen functional groups attached to an aromatic ring is 1. The van der Waals surface area contributed by atoms with Gasteiger partial charge in [-0.1, -0.05) is 12.8 Å². The lowest BCUT2D eigenvalue weighted by molar-refractivity contribution is 0.0596. The number of hydrogen-bond donors (Lipinski definition) is 1. The van der Waals surface area contributed by atoms with Crippen molar-refractivity contribution in [2.45, 2.75) is 19.3 Å². The molecule has 1 aromatic carbocycles. The average Bonchev–Trinajstić information content (AvgIpc) is 3.14. The number of nitrogens with two attached hydrogens (primary N) is 1. The first-order valence-corrected chi connectivity index (χ1v) is 5.81. The van der Waals surface area contributed by atoms with Crippen molar-refractivity contribution < 1.29 is 14.3 Å². The number of benzene rings is 1. The molecule has 4 nitrogen and oxygen atoms in total. The number of hydrogen-bond acceptors (Lipinski definition) is 4. The van der Waals surface area contributed by atoms with Crippen LogP contribution in [0.15, 0.2) is 18.2 Å². The lowest BCUT2D eigenvalue weighted by Crippen LogP contribution is -2.07. The van der Waals surface area contributed by atoms with Crippen LogP contribution < -0.4 is 10.5 Å². The molecular formula is C13H17NO3. The zero-order valence-electron chi connectivity index (χ0n) is 9.94. The van der Waals surface area contributed by atoms with E-state index in [1.807, 2.05) is 0 Å². The first-order chi connectivity index (χ1) is 8.20. The lowest BCUT2D eigenvalue weighted by atomic mass is 10.2. The van der Waals surface area contributed by atoms with Crippen LogP contribution in [0.1, 0.15) is 29.6 Å². The number of esters is 1. The fraction of sp³-hybridized carbons (Fsp3) is 0.462. The third kappa shape index (κ3) is 3.12. The molecule has 0 aromatic heterocycles. The normalized spacial score (nSPS) is 14.4. The van der Waals surface area contributed by atoms with E-state index in [4.69, 9.17) is 15.2 Å². The molecule has 0 bridgehead atoms. The molecule has 0 spiro atoms. The second kappa shape index (κ2) is 5.08. The van der Waals surface area contributed by atoms with Gasteiger partial charge >= 0.3 is 5.97 Å². The Morgan fingerprint density at radius 3 is 2.88 bits per heavy atom. The Kier molecular flexibility index (Phi) is 3.52. The highest BCUT2D eigenvalue weighted by Crippen LogP contribution is 2.32. The molecule has 1 fully saturated rings. The lowest BCUT2D eigenvalue weighted by Gasteiger charge is -2.10. The van der Waals surface area contributed by atoms with Crippen LogP contribution in [0.3, 0.4) is 0 Å². The largest absolute Gasteiger partial charge is 0.493 e. The van der Waals surface area contributed by atoms with E-state index in [1.165, 1.54) is 20.0 Å². The van der Waals surface area contributed by atoms with Crippen molar-refractivity contribution in [1.82, 2.24) is 0 Å². The van der Waals surface area contributed by atoms with Crippen LogP contribution in [0.2, 0.25) is 0 Å². The monoisotopic (exact) mass is 235 g/mol. The molecule has 0 unspecified atom stereocenters. The second-order valence-corrected chi connectivity index (χ2v) is 4.33. The SMILES string of the molecule is COC(=O)c1cc(N)ccc1OCCC1CC1. The van der Waals surface area contributed by atoms with Gasteiger partial charge in [-0.25, -0.2) is 4.79 Å². The van der Waals surface area contributed by atoms with E-state index in [2.05, 4.69) is 0 Å². The zero-order valence-corrected chi connectivity index (χ0v) is 9.94. The first-order valence-electron chi connectivity index (χ1n) is 5.81. The van der Waals surface area contributed by atoms with E-state index in [-0.39, 0.29) is 0 Å². The molecule has 2 N–H and O–H groups in total. The van der Waals surface area contributed by atoms with Crippen molar-refractivity contribution in [2.75, 3.05) is 19.5 Å². The summed E-state index contributed by atoms with van der Waals surface area (Å²) in [6.07, 6.45) is 3.65. The predicted molar refractivity (Wildman–Crippen MR) is 65.0 cm³/mol. The summed E-state index contributed by atoms with van der Waals surface area (Å²) in [7, 11) is 1.35. The van der Waals surface area contributed by atoms with E-state index < -0.39 is 5.97 Å². The number of methoxy groups -OCH3 is 1. The topological polar surface area (TPSA) is 61.5 Å². The molecule has 17 heavy (non-hydrogen) atoms. The van der Waals surface area contributed by atoms with E-state index in [1.54, 1.807) is 18.2 Å². The summed E-state index contributed by atoms with van der Waals surface area (Å²) in [4.78, 5) is 11.5. The fourth-order valence-corrected chi connectivity index (χ4v) is 1.69. The Morgan fingerprint density at radius 1 is 1.47 bits per heavy atom. The molecule has 92 valence electrons. The molecule has 1 aliphatic carbocycles. The Hall–Kier alpha value is -1.71. The van der Waals surface area contributed by atoms with E-state index in [9.17, 15) is 4.79 Å². The molecule has 0 aliphatic heterocycles. The molecule has 1 aliphatic rings. The van der Waals surface area contributed by atoms with E-state index in [0.29, 0.717) is 23.6 Å². The van der Waals surface area contributed by atoms with Crippen molar-refractivity contribution >= 4 is 11.7 Å². The van der Waals surface area contributed by atoms with Gasteiger partial charge in [0, 0.05) is 5.69 Å². The maximum atomic E-state index is 11.5. The molecule has 0 amide bonds. The number of carbonyl (C=O) groups is 1. The van der Waals surface area contributed by atoms with Gasteiger partial charge in [-0.15, -0.1) is 0 Å². The Morgan fingerprint density at radius 2 is 2.24 bits per heavy atom. The maximum Gasteiger partial charge on any atom is 0.341 e. The molecular weight excluding hydrogens is 218 g/mol. The van der Waals surface area contributed by atoms with Gasteiger partial charge in [-0.2, -0.15) is 0 Å². The van der Waals surface area contributed by atoms with Crippen LogP contribution >= 0.6 is 0 Å². The van der Waals surface area contributed by atoms with Gasteiger partial charge in [0.2, 0.25) is 0 Å². The first kappa shape index (κ1) is 11.8. The summed E-state index contributed by atoms with van der Waals surface area (Å²) in [5, 5.41) is 0. The average molecular weight is 235 g/mol. The van der Waals surface area contributed by atoms with Gasteiger partial charge in [0.15, 0.2) is 0 Å². The Bertz CT molecular complexity index is 413. The molecule has 0 radical (unpaired) electrons. The van der Waals surface area contributed by atoms with Gasteiger partial charge < -0.3 is 15.2 Å². The summed E-state index contributed by atoms with van der Waals surface area (Å²) < 4.78 is 10.3. The summed E-state index contributed by atoms with van der Waals surface area (Å²) >= 11 is 0. The van der Waals surface area contributed by atoms with Gasteiger partial charge in [0.05, 0.1) is 13.7 Å². The molecule has 4 heteroatoms. The Labute approximate surface area is 101 Å². The van der Waals surface area contributed by atoms with Crippen LogP contribution in [0.25, 0.3) is 0 Å². The maximum absolute atomic E-state index is 11.5. The number of rotatable bonds is 5. The molecule has 1 saturated carbocycles. The van der Waals surface area contributed by atoms with Crippen molar-refractivity contribution in [1.29, 1.82) is 0 Å². The third-order valence-electron chi connectivity index (χ3n) is 2.89. The highest BCUT2D eigenvalue weighted by Gasteiger charge is 2.21. The van der Waals surface area contributed by atoms with Gasteiger partial charge in [-0.05, 0) is 30.5 Å². The quantitative estimate of drug-likeness (QED) is 0.628. The molecule has 0 saturated heterocycles. The molecule has 0 heterocycles. The molecule has 2 rings (SSSR count). The summed E-state index contributed by atoms with van der Waals surface area (Å²) in [6.45, 7) is 0.637. The van der Waals surface area contributed by atoms with Crippen LogP contribution in [0.4, 0.5) is 5.69 Å². The standard InChI is InChI=1S/C13H17NO3/c1-16-13(15)11-8-10(14)4-5-12(11)17-7-6-9-2-3-9/h4-5,8-9H,2-3,6-7,14H2,1H3. The van der Waals surface area contributed by atoms with Crippen molar-refractivity contribution in [3.05, 3.63) is 23.8 Å². The zero-order chi connectivity index (χ0) is 12.3. The molecule has 0 atom stereocenters. The van der Waals surface area contributed by atoms with E-state index >= 15 is 0 Å². The van der Waals surface area contributed by atoms with Crippen LogP contribution in [-0.4, -0.2) is 19.7 Å². The van der Waals surface area contributed by atoms with Gasteiger partial charge in [0.1, 0.15) is 11.3 Å². The summed E-state index contributed by atoms with van der Waals surface area (Å²) in [5.41, 5.74) is 6.56. The minimum Gasteiger partial charge on any atom is -0.493 e. The van der Waals surface area contributed by atoms with Crippen molar-refractivity contribution in [2.24, 2.45) is 5.92 Å². The van der Waals surface area contributed by atoms with Crippen molar-refractivity contribution in [3.63, 3.8) is 0 Å². The summed E-state index contributed by atoms with van der Waals surface area (Å²) in [5.74, 6) is 0.941. The van der Waals surface area contributed by atoms with E-state index in [0.717, 1.165) is 12.3 Å². The van der Waals surface area contributed by atoms with Crippen LogP contribution in [-0.2, 0) is 4.74 Å². The Balaban J connectivity index is 2.04. The minimum absolute atomic E-state index is 0.392. The number of ether oxygens (including phenoxy) is 2.